The first-order chi connectivity index (χ1) is 4.41. The van der Waals surface area contributed by atoms with Gasteiger partial charge in [0.2, 0.25) is 0 Å². The van der Waals surface area contributed by atoms with E-state index in [0.29, 0.717) is 0 Å². The van der Waals surface area contributed by atoms with Crippen LogP contribution in [0.5, 0.6) is 0 Å². The van der Waals surface area contributed by atoms with Crippen LogP contribution in [0.1, 0.15) is 0 Å². The maximum Gasteiger partial charge on any atom is 0.126 e. The van der Waals surface area contributed by atoms with Gasteiger partial charge in [-0.25, -0.2) is 0 Å². The fourth-order valence-corrected chi connectivity index (χ4v) is 17.3. The Morgan fingerprint density at radius 3 is 1.20 bits per heavy atom. The predicted octanol–water partition coefficient (Wildman–Crippen LogP) is 3.94. The summed E-state index contributed by atoms with van der Waals surface area (Å²) in [5.41, 5.74) is 0. The maximum atomic E-state index is 3.88. The standard InChI is InChI=1S/C6H14Br2Si2/c1-9(7)3-5-10(2,8)6-4-9/h3-6H2,1-2H3. The molecule has 0 aromatic heterocycles. The second kappa shape index (κ2) is 3.03. The molecule has 0 nitrogen and oxygen atoms in total. The third-order valence-corrected chi connectivity index (χ3v) is 13.3. The molecule has 1 aliphatic rings. The first-order valence-electron chi connectivity index (χ1n) is 3.79. The van der Waals surface area contributed by atoms with Crippen molar-refractivity contribution in [2.75, 3.05) is 0 Å². The fourth-order valence-electron chi connectivity index (χ4n) is 1.29. The summed E-state index contributed by atoms with van der Waals surface area (Å²) in [5.74, 6) is 0. The molecule has 0 N–H and O–H groups in total. The van der Waals surface area contributed by atoms with Crippen molar-refractivity contribution in [3.63, 3.8) is 0 Å². The summed E-state index contributed by atoms with van der Waals surface area (Å²) in [5, 5.41) is 0. The molecule has 0 amide bonds. The van der Waals surface area contributed by atoms with Crippen LogP contribution in [-0.2, 0) is 0 Å². The molecule has 0 saturated carbocycles. The van der Waals surface area contributed by atoms with Gasteiger partial charge in [-0.2, -0.15) is 0 Å². The summed E-state index contributed by atoms with van der Waals surface area (Å²) in [6.45, 7) is 3.17. The highest BCUT2D eigenvalue weighted by Crippen LogP contribution is 2.41. The van der Waals surface area contributed by atoms with Crippen molar-refractivity contribution in [1.29, 1.82) is 0 Å². The summed E-state index contributed by atoms with van der Waals surface area (Å²) in [7, 11) is 0. The van der Waals surface area contributed by atoms with Crippen LogP contribution in [0, 0.1) is 0 Å². The monoisotopic (exact) mass is 300 g/mol. The summed E-state index contributed by atoms with van der Waals surface area (Å²) in [6, 6.07) is 5.95. The zero-order chi connectivity index (χ0) is 7.83. The Balaban J connectivity index is 2.46. The lowest BCUT2D eigenvalue weighted by Crippen LogP contribution is -2.35. The number of rotatable bonds is 0. The lowest BCUT2D eigenvalue weighted by Gasteiger charge is -2.33. The van der Waals surface area contributed by atoms with E-state index in [-0.39, 0.29) is 0 Å². The first-order valence-corrected chi connectivity index (χ1v) is 14.1. The van der Waals surface area contributed by atoms with Crippen LogP contribution in [0.2, 0.25) is 37.3 Å². The van der Waals surface area contributed by atoms with E-state index < -0.39 is 13.4 Å². The molecule has 0 aromatic carbocycles. The molecule has 1 heterocycles. The molecule has 1 fully saturated rings. The second-order valence-corrected chi connectivity index (χ2v) is 23.0. The van der Waals surface area contributed by atoms with Crippen LogP contribution in [0.25, 0.3) is 0 Å². The Morgan fingerprint density at radius 2 is 1.00 bits per heavy atom. The van der Waals surface area contributed by atoms with Crippen LogP contribution < -0.4 is 0 Å². The minimum Gasteiger partial charge on any atom is -0.127 e. The molecule has 1 aliphatic heterocycles. The average Bonchev–Trinajstić information content (AvgIpc) is 1.79. The molecule has 0 spiro atoms. The lowest BCUT2D eigenvalue weighted by molar-refractivity contribution is 1.17. The molecule has 4 heteroatoms. The zero-order valence-corrected chi connectivity index (χ0v) is 11.8. The first kappa shape index (κ1) is 9.48. The normalized spacial score (nSPS) is 49.2. The van der Waals surface area contributed by atoms with Crippen LogP contribution in [0.15, 0.2) is 0 Å². The summed E-state index contributed by atoms with van der Waals surface area (Å²) >= 11 is 7.77. The van der Waals surface area contributed by atoms with Crippen molar-refractivity contribution >= 4 is 44.0 Å². The van der Waals surface area contributed by atoms with E-state index in [9.17, 15) is 0 Å². The van der Waals surface area contributed by atoms with Crippen molar-refractivity contribution in [2.45, 2.75) is 37.3 Å². The highest BCUT2D eigenvalue weighted by molar-refractivity contribution is 9.26. The fraction of sp³-hybridized carbons (Fsp3) is 1.00. The predicted molar refractivity (Wildman–Crippen MR) is 60.3 cm³/mol. The van der Waals surface area contributed by atoms with Gasteiger partial charge in [0.1, 0.15) is 13.4 Å². The minimum atomic E-state index is -0.862. The number of halogens is 2. The maximum absolute atomic E-state index is 3.88. The topological polar surface area (TPSA) is 0 Å². The second-order valence-electron chi connectivity index (χ2n) is 3.83. The Hall–Kier alpha value is 1.39. The third kappa shape index (κ3) is 2.79. The van der Waals surface area contributed by atoms with Crippen LogP contribution in [-0.4, -0.2) is 13.4 Å². The van der Waals surface area contributed by atoms with E-state index >= 15 is 0 Å². The number of hydrogen-bond donors (Lipinski definition) is 0. The highest BCUT2D eigenvalue weighted by atomic mass is 79.9. The van der Waals surface area contributed by atoms with Crippen molar-refractivity contribution in [3.05, 3.63) is 0 Å². The van der Waals surface area contributed by atoms with E-state index in [0.717, 1.165) is 0 Å². The Labute approximate surface area is 81.0 Å². The SMILES string of the molecule is C[Si]1(Br)CC[Si](C)(Br)CC1. The van der Waals surface area contributed by atoms with Gasteiger partial charge in [-0.1, -0.05) is 13.1 Å². The van der Waals surface area contributed by atoms with Gasteiger partial charge in [0, 0.05) is 0 Å². The van der Waals surface area contributed by atoms with Crippen molar-refractivity contribution in [2.24, 2.45) is 0 Å². The molecule has 1 rings (SSSR count). The van der Waals surface area contributed by atoms with Crippen molar-refractivity contribution in [3.8, 4) is 0 Å². The smallest absolute Gasteiger partial charge is 0.126 e. The quantitative estimate of drug-likeness (QED) is 0.470. The van der Waals surface area contributed by atoms with Gasteiger partial charge in [0.15, 0.2) is 0 Å². The minimum absolute atomic E-state index is 0.862. The largest absolute Gasteiger partial charge is 0.127 e. The molecule has 10 heavy (non-hydrogen) atoms. The molecular formula is C6H14Br2Si2. The van der Waals surface area contributed by atoms with Gasteiger partial charge in [-0.3, -0.25) is 0 Å². The van der Waals surface area contributed by atoms with E-state index in [1.165, 1.54) is 24.2 Å². The van der Waals surface area contributed by atoms with Crippen LogP contribution >= 0.6 is 30.6 Å². The zero-order valence-electron chi connectivity index (χ0n) is 6.58. The highest BCUT2D eigenvalue weighted by Gasteiger charge is 2.37. The van der Waals surface area contributed by atoms with Crippen LogP contribution in [0.4, 0.5) is 0 Å². The Bertz CT molecular complexity index is 106. The number of hydrogen-bond acceptors (Lipinski definition) is 0. The van der Waals surface area contributed by atoms with E-state index in [2.05, 4.69) is 43.7 Å². The Kier molecular flexibility index (Phi) is 2.87. The molecule has 0 radical (unpaired) electrons. The lowest BCUT2D eigenvalue weighted by atomic mass is 10.9. The summed E-state index contributed by atoms with van der Waals surface area (Å²) in [6.07, 6.45) is 0. The summed E-state index contributed by atoms with van der Waals surface area (Å²) in [4.78, 5) is 0. The van der Waals surface area contributed by atoms with E-state index in [1.54, 1.807) is 0 Å². The third-order valence-electron chi connectivity index (χ3n) is 2.34. The summed E-state index contributed by atoms with van der Waals surface area (Å²) < 4.78 is 0. The average molecular weight is 302 g/mol. The van der Waals surface area contributed by atoms with Gasteiger partial charge in [0.25, 0.3) is 0 Å². The molecule has 60 valence electrons. The Morgan fingerprint density at radius 1 is 0.800 bits per heavy atom. The molecule has 0 aromatic rings. The van der Waals surface area contributed by atoms with Gasteiger partial charge < -0.3 is 0 Å². The van der Waals surface area contributed by atoms with Crippen molar-refractivity contribution < 1.29 is 0 Å². The van der Waals surface area contributed by atoms with Crippen LogP contribution in [0.3, 0.4) is 0 Å². The van der Waals surface area contributed by atoms with Gasteiger partial charge in [-0.05, 0) is 24.2 Å². The molecule has 0 unspecified atom stereocenters. The molecule has 0 bridgehead atoms. The molecular weight excluding hydrogens is 288 g/mol. The van der Waals surface area contributed by atoms with Gasteiger partial charge >= 0.3 is 0 Å². The van der Waals surface area contributed by atoms with Crippen molar-refractivity contribution in [1.82, 2.24) is 0 Å². The molecule has 1 saturated heterocycles. The van der Waals surface area contributed by atoms with E-state index in [1.807, 2.05) is 0 Å². The molecule has 0 atom stereocenters. The molecule has 0 aliphatic carbocycles. The van der Waals surface area contributed by atoms with Gasteiger partial charge in [0.05, 0.1) is 0 Å². The van der Waals surface area contributed by atoms with Gasteiger partial charge in [-0.15, -0.1) is 30.6 Å². The van der Waals surface area contributed by atoms with E-state index in [4.69, 9.17) is 0 Å².